The molecule has 0 spiro atoms. The Morgan fingerprint density at radius 2 is 2.06 bits per heavy atom. The summed E-state index contributed by atoms with van der Waals surface area (Å²) in [6.07, 6.45) is 5.61. The molecule has 5 heteroatoms. The summed E-state index contributed by atoms with van der Waals surface area (Å²) in [6.45, 7) is 5.87. The molecule has 1 heterocycles. The summed E-state index contributed by atoms with van der Waals surface area (Å²) in [4.78, 5) is 4.19. The van der Waals surface area contributed by atoms with Gasteiger partial charge in [0.25, 0.3) is 0 Å². The summed E-state index contributed by atoms with van der Waals surface area (Å²) in [5, 5.41) is 14.7. The quantitative estimate of drug-likeness (QED) is 0.894. The first kappa shape index (κ1) is 14.3. The average Bonchev–Trinajstić information content (AvgIpc) is 2.70. The molecule has 2 N–H and O–H groups in total. The summed E-state index contributed by atoms with van der Waals surface area (Å²) in [5.41, 5.74) is -0.161. The Labute approximate surface area is 118 Å². The first-order chi connectivity index (χ1) is 8.39. The minimum absolute atomic E-state index is 0.384. The molecule has 0 aliphatic heterocycles. The highest BCUT2D eigenvalue weighted by molar-refractivity contribution is 7.15. The van der Waals surface area contributed by atoms with E-state index in [1.165, 1.54) is 11.3 Å². The van der Waals surface area contributed by atoms with E-state index in [2.05, 4.69) is 24.1 Å². The SMILES string of the molecule is CC1(C)CCC(O)(CNCc2ncc(Cl)s2)CC1. The lowest BCUT2D eigenvalue weighted by molar-refractivity contribution is -0.0245. The van der Waals surface area contributed by atoms with Gasteiger partial charge >= 0.3 is 0 Å². The molecule has 1 aliphatic rings. The molecular weight excluding hydrogens is 268 g/mol. The first-order valence-corrected chi connectivity index (χ1v) is 7.61. The summed E-state index contributed by atoms with van der Waals surface area (Å²) in [6, 6.07) is 0. The highest BCUT2D eigenvalue weighted by atomic mass is 35.5. The summed E-state index contributed by atoms with van der Waals surface area (Å²) in [5.74, 6) is 0. The van der Waals surface area contributed by atoms with Gasteiger partial charge in [0.2, 0.25) is 0 Å². The number of thiazole rings is 1. The van der Waals surface area contributed by atoms with Gasteiger partial charge < -0.3 is 10.4 Å². The van der Waals surface area contributed by atoms with E-state index in [-0.39, 0.29) is 0 Å². The number of aromatic nitrogens is 1. The minimum Gasteiger partial charge on any atom is -0.389 e. The maximum Gasteiger partial charge on any atom is 0.113 e. The van der Waals surface area contributed by atoms with Crippen LogP contribution in [-0.4, -0.2) is 22.2 Å². The highest BCUT2D eigenvalue weighted by Crippen LogP contribution is 2.39. The fourth-order valence-electron chi connectivity index (χ4n) is 2.34. The molecule has 1 aliphatic carbocycles. The fraction of sp³-hybridized carbons (Fsp3) is 0.769. The van der Waals surface area contributed by atoms with E-state index in [4.69, 9.17) is 11.6 Å². The van der Waals surface area contributed by atoms with E-state index < -0.39 is 5.60 Å². The summed E-state index contributed by atoms with van der Waals surface area (Å²) < 4.78 is 0.713. The van der Waals surface area contributed by atoms with Crippen molar-refractivity contribution in [3.05, 3.63) is 15.5 Å². The summed E-state index contributed by atoms with van der Waals surface area (Å²) >= 11 is 7.31. The van der Waals surface area contributed by atoms with Crippen molar-refractivity contribution in [1.29, 1.82) is 0 Å². The van der Waals surface area contributed by atoms with Crippen LogP contribution in [0.3, 0.4) is 0 Å². The van der Waals surface area contributed by atoms with Gasteiger partial charge in [-0.2, -0.15) is 0 Å². The molecular formula is C13H21ClN2OS. The number of hydrogen-bond donors (Lipinski definition) is 2. The average molecular weight is 289 g/mol. The second-order valence-electron chi connectivity index (χ2n) is 6.05. The lowest BCUT2D eigenvalue weighted by Gasteiger charge is -2.40. The molecule has 0 bridgehead atoms. The molecule has 0 atom stereocenters. The number of nitrogens with one attached hydrogen (secondary N) is 1. The van der Waals surface area contributed by atoms with Gasteiger partial charge in [-0.3, -0.25) is 0 Å². The topological polar surface area (TPSA) is 45.1 Å². The predicted octanol–water partition coefficient (Wildman–Crippen LogP) is 3.22. The van der Waals surface area contributed by atoms with Gasteiger partial charge in [0, 0.05) is 13.1 Å². The monoisotopic (exact) mass is 288 g/mol. The van der Waals surface area contributed by atoms with Crippen LogP contribution >= 0.6 is 22.9 Å². The van der Waals surface area contributed by atoms with Gasteiger partial charge in [-0.05, 0) is 31.1 Å². The Hall–Kier alpha value is -0.160. The summed E-state index contributed by atoms with van der Waals surface area (Å²) in [7, 11) is 0. The highest BCUT2D eigenvalue weighted by Gasteiger charge is 2.36. The number of hydrogen-bond acceptors (Lipinski definition) is 4. The Morgan fingerprint density at radius 1 is 1.39 bits per heavy atom. The normalized spacial score (nSPS) is 22.0. The van der Waals surface area contributed by atoms with Gasteiger partial charge in [0.15, 0.2) is 0 Å². The van der Waals surface area contributed by atoms with E-state index in [1.54, 1.807) is 6.20 Å². The molecule has 0 saturated heterocycles. The molecule has 1 aromatic heterocycles. The molecule has 0 radical (unpaired) electrons. The Morgan fingerprint density at radius 3 is 2.61 bits per heavy atom. The lowest BCUT2D eigenvalue weighted by Crippen LogP contribution is -2.44. The van der Waals surface area contributed by atoms with Crippen molar-refractivity contribution >= 4 is 22.9 Å². The van der Waals surface area contributed by atoms with Gasteiger partial charge in [-0.1, -0.05) is 25.4 Å². The molecule has 0 aromatic carbocycles. The maximum absolute atomic E-state index is 10.5. The zero-order valence-corrected chi connectivity index (χ0v) is 12.6. The third-order valence-corrected chi connectivity index (χ3v) is 4.90. The van der Waals surface area contributed by atoms with Gasteiger partial charge in [0.1, 0.15) is 9.34 Å². The second-order valence-corrected chi connectivity index (χ2v) is 7.80. The zero-order chi connectivity index (χ0) is 13.2. The Kier molecular flexibility index (Phi) is 4.32. The van der Waals surface area contributed by atoms with Crippen LogP contribution in [-0.2, 0) is 6.54 Å². The van der Waals surface area contributed by atoms with Crippen LogP contribution < -0.4 is 5.32 Å². The van der Waals surface area contributed by atoms with Crippen LogP contribution in [0.1, 0.15) is 44.5 Å². The Balaban J connectivity index is 1.76. The van der Waals surface area contributed by atoms with Crippen molar-refractivity contribution in [2.24, 2.45) is 5.41 Å². The van der Waals surface area contributed by atoms with Crippen molar-refractivity contribution in [2.75, 3.05) is 6.54 Å². The number of nitrogens with zero attached hydrogens (tertiary/aromatic N) is 1. The second kappa shape index (κ2) is 5.45. The molecule has 102 valence electrons. The molecule has 0 amide bonds. The lowest BCUT2D eigenvalue weighted by atomic mass is 9.71. The van der Waals surface area contributed by atoms with Crippen molar-refractivity contribution in [3.63, 3.8) is 0 Å². The van der Waals surface area contributed by atoms with Gasteiger partial charge in [0.05, 0.1) is 11.8 Å². The standard InChI is InChI=1S/C13H21ClN2OS/c1-12(2)3-5-13(17,6-4-12)9-15-8-11-16-7-10(14)18-11/h7,15,17H,3-6,8-9H2,1-2H3. The first-order valence-electron chi connectivity index (χ1n) is 6.42. The van der Waals surface area contributed by atoms with Crippen molar-refractivity contribution < 1.29 is 5.11 Å². The Bertz CT molecular complexity index is 395. The van der Waals surface area contributed by atoms with Gasteiger partial charge in [-0.25, -0.2) is 4.98 Å². The maximum atomic E-state index is 10.5. The number of aliphatic hydroxyl groups is 1. The molecule has 1 fully saturated rings. The van der Waals surface area contributed by atoms with Crippen LogP contribution in [0, 0.1) is 5.41 Å². The van der Waals surface area contributed by atoms with Crippen LogP contribution in [0.5, 0.6) is 0 Å². The molecule has 3 nitrogen and oxygen atoms in total. The zero-order valence-electron chi connectivity index (χ0n) is 11.0. The minimum atomic E-state index is -0.545. The predicted molar refractivity (Wildman–Crippen MR) is 76.0 cm³/mol. The molecule has 1 aromatic rings. The molecule has 0 unspecified atom stereocenters. The smallest absolute Gasteiger partial charge is 0.113 e. The van der Waals surface area contributed by atoms with Crippen LogP contribution in [0.4, 0.5) is 0 Å². The third-order valence-electron chi connectivity index (χ3n) is 3.79. The van der Waals surface area contributed by atoms with Crippen LogP contribution in [0.15, 0.2) is 6.20 Å². The molecule has 18 heavy (non-hydrogen) atoms. The molecule has 1 saturated carbocycles. The number of halogens is 1. The fourth-order valence-corrected chi connectivity index (χ4v) is 3.27. The van der Waals surface area contributed by atoms with E-state index in [0.717, 1.165) is 30.7 Å². The molecule has 2 rings (SSSR count). The number of rotatable bonds is 4. The van der Waals surface area contributed by atoms with E-state index in [1.807, 2.05) is 0 Å². The van der Waals surface area contributed by atoms with Crippen LogP contribution in [0.25, 0.3) is 0 Å². The van der Waals surface area contributed by atoms with E-state index >= 15 is 0 Å². The van der Waals surface area contributed by atoms with E-state index in [0.29, 0.717) is 22.8 Å². The van der Waals surface area contributed by atoms with E-state index in [9.17, 15) is 5.11 Å². The largest absolute Gasteiger partial charge is 0.389 e. The van der Waals surface area contributed by atoms with Crippen molar-refractivity contribution in [1.82, 2.24) is 10.3 Å². The van der Waals surface area contributed by atoms with Crippen molar-refractivity contribution in [2.45, 2.75) is 51.7 Å². The van der Waals surface area contributed by atoms with Crippen molar-refractivity contribution in [3.8, 4) is 0 Å². The van der Waals surface area contributed by atoms with Gasteiger partial charge in [-0.15, -0.1) is 11.3 Å². The van der Waals surface area contributed by atoms with Crippen LogP contribution in [0.2, 0.25) is 4.34 Å². The third kappa shape index (κ3) is 3.92.